The first-order chi connectivity index (χ1) is 14.0. The number of tetrazole rings is 1. The van der Waals surface area contributed by atoms with E-state index in [0.717, 1.165) is 6.42 Å². The molecule has 0 aliphatic heterocycles. The van der Waals surface area contributed by atoms with Gasteiger partial charge in [0.1, 0.15) is 29.7 Å². The summed E-state index contributed by atoms with van der Waals surface area (Å²) < 4.78 is 13.5. The number of aromatic nitrogens is 6. The van der Waals surface area contributed by atoms with Crippen molar-refractivity contribution in [3.8, 4) is 17.1 Å². The van der Waals surface area contributed by atoms with Crippen molar-refractivity contribution in [2.24, 2.45) is 5.92 Å². The molecule has 2 aromatic heterocycles. The molecule has 1 aromatic carbocycles. The van der Waals surface area contributed by atoms with Crippen LogP contribution in [0.25, 0.3) is 11.4 Å². The van der Waals surface area contributed by atoms with Crippen LogP contribution in [0.1, 0.15) is 37.6 Å². The molecule has 10 heteroatoms. The summed E-state index contributed by atoms with van der Waals surface area (Å²) in [5, 5.41) is 11.2. The zero-order valence-corrected chi connectivity index (χ0v) is 16.5. The highest BCUT2D eigenvalue weighted by Gasteiger charge is 2.16. The Balaban J connectivity index is 2.01. The molecule has 0 unspecified atom stereocenters. The summed E-state index contributed by atoms with van der Waals surface area (Å²) >= 11 is 0. The first kappa shape index (κ1) is 20.2. The highest BCUT2D eigenvalue weighted by molar-refractivity contribution is 5.88. The van der Waals surface area contributed by atoms with Gasteiger partial charge in [0, 0.05) is 6.20 Å². The van der Waals surface area contributed by atoms with Gasteiger partial charge < -0.3 is 9.47 Å². The lowest BCUT2D eigenvalue weighted by Crippen LogP contribution is -2.26. The molecule has 0 bridgehead atoms. The molecule has 0 N–H and O–H groups in total. The summed E-state index contributed by atoms with van der Waals surface area (Å²) in [6.45, 7) is 6.60. The Morgan fingerprint density at radius 1 is 1.24 bits per heavy atom. The van der Waals surface area contributed by atoms with Gasteiger partial charge in [0.05, 0.1) is 18.9 Å². The average Bonchev–Trinajstić information content (AvgIpc) is 3.23. The van der Waals surface area contributed by atoms with Crippen LogP contribution < -0.4 is 10.3 Å². The number of carbonyl (C=O) groups excluding carboxylic acids is 1. The molecule has 0 spiro atoms. The molecular weight excluding hydrogens is 376 g/mol. The average molecular weight is 398 g/mol. The van der Waals surface area contributed by atoms with Crippen LogP contribution >= 0.6 is 0 Å². The van der Waals surface area contributed by atoms with Crippen molar-refractivity contribution < 1.29 is 14.3 Å². The number of esters is 1. The Morgan fingerprint density at radius 3 is 2.76 bits per heavy atom. The van der Waals surface area contributed by atoms with Crippen LogP contribution in [0.15, 0.2) is 41.8 Å². The van der Waals surface area contributed by atoms with Gasteiger partial charge in [-0.1, -0.05) is 13.8 Å². The smallest absolute Gasteiger partial charge is 0.345 e. The van der Waals surface area contributed by atoms with E-state index in [1.165, 1.54) is 28.1 Å². The zero-order valence-electron chi connectivity index (χ0n) is 16.5. The quantitative estimate of drug-likeness (QED) is 0.528. The fourth-order valence-electron chi connectivity index (χ4n) is 2.58. The fourth-order valence-corrected chi connectivity index (χ4v) is 2.58. The van der Waals surface area contributed by atoms with Crippen LogP contribution in [0.4, 0.5) is 0 Å². The Hall–Kier alpha value is -3.56. The van der Waals surface area contributed by atoms with Crippen LogP contribution in [0.2, 0.25) is 0 Å². The third-order valence-electron chi connectivity index (χ3n) is 4.10. The van der Waals surface area contributed by atoms with E-state index in [1.54, 1.807) is 25.1 Å². The highest BCUT2D eigenvalue weighted by atomic mass is 16.5. The fraction of sp³-hybridized carbons (Fsp3) is 0.368. The van der Waals surface area contributed by atoms with Gasteiger partial charge in [0.15, 0.2) is 0 Å². The maximum Gasteiger partial charge on any atom is 0.345 e. The third-order valence-corrected chi connectivity index (χ3v) is 4.10. The van der Waals surface area contributed by atoms with Crippen LogP contribution in [0.3, 0.4) is 0 Å². The van der Waals surface area contributed by atoms with E-state index >= 15 is 0 Å². The number of benzene rings is 1. The minimum absolute atomic E-state index is 0.143. The maximum atomic E-state index is 12.8. The summed E-state index contributed by atoms with van der Waals surface area (Å²) in [7, 11) is 0. The molecule has 29 heavy (non-hydrogen) atoms. The molecule has 3 rings (SSSR count). The van der Waals surface area contributed by atoms with Crippen LogP contribution in [-0.4, -0.2) is 48.9 Å². The number of rotatable bonds is 8. The lowest BCUT2D eigenvalue weighted by molar-refractivity contribution is 0.0523. The maximum absolute atomic E-state index is 12.8. The van der Waals surface area contributed by atoms with Gasteiger partial charge in [-0.05, 0) is 47.9 Å². The van der Waals surface area contributed by atoms with E-state index in [-0.39, 0.29) is 12.2 Å². The Kier molecular flexibility index (Phi) is 6.32. The summed E-state index contributed by atoms with van der Waals surface area (Å²) in [6.07, 6.45) is 4.86. The summed E-state index contributed by atoms with van der Waals surface area (Å²) in [5.41, 5.74) is 0.366. The number of hydrogen-bond acceptors (Lipinski definition) is 8. The van der Waals surface area contributed by atoms with E-state index in [2.05, 4.69) is 34.4 Å². The Bertz CT molecular complexity index is 1030. The van der Waals surface area contributed by atoms with Gasteiger partial charge in [-0.25, -0.2) is 9.78 Å². The summed E-state index contributed by atoms with van der Waals surface area (Å²) in [4.78, 5) is 28.8. The van der Waals surface area contributed by atoms with Crippen LogP contribution in [0.5, 0.6) is 5.75 Å². The van der Waals surface area contributed by atoms with Crippen molar-refractivity contribution in [1.29, 1.82) is 0 Å². The number of nitrogens with zero attached hydrogens (tertiary/aromatic N) is 6. The lowest BCUT2D eigenvalue weighted by Gasteiger charge is -2.14. The third kappa shape index (κ3) is 4.65. The zero-order chi connectivity index (χ0) is 20.8. The lowest BCUT2D eigenvalue weighted by atomic mass is 10.1. The van der Waals surface area contributed by atoms with Crippen LogP contribution in [-0.2, 0) is 4.74 Å². The Morgan fingerprint density at radius 2 is 2.07 bits per heavy atom. The van der Waals surface area contributed by atoms with Crippen molar-refractivity contribution in [2.45, 2.75) is 27.2 Å². The molecule has 0 atom stereocenters. The molecule has 152 valence electrons. The van der Waals surface area contributed by atoms with E-state index in [0.29, 0.717) is 29.6 Å². The largest absolute Gasteiger partial charge is 0.491 e. The van der Waals surface area contributed by atoms with Crippen LogP contribution in [0, 0.1) is 5.92 Å². The first-order valence-electron chi connectivity index (χ1n) is 9.25. The predicted molar refractivity (Wildman–Crippen MR) is 103 cm³/mol. The van der Waals surface area contributed by atoms with Gasteiger partial charge in [0.25, 0.3) is 5.56 Å². The molecule has 0 saturated heterocycles. The molecule has 0 aliphatic carbocycles. The second kappa shape index (κ2) is 9.09. The van der Waals surface area contributed by atoms with Crippen molar-refractivity contribution in [3.05, 3.63) is 53.0 Å². The Labute approximate surface area is 167 Å². The standard InChI is InChI=1S/C19H22N6O4/c1-4-28-19(27)15-10-20-11-24(18(15)26)14-5-6-17(29-8-7-13(2)3)16(9-14)25-12-21-22-23-25/h5-6,9-13H,4,7-8H2,1-3H3. The summed E-state index contributed by atoms with van der Waals surface area (Å²) in [6, 6.07) is 5.13. The monoisotopic (exact) mass is 398 g/mol. The predicted octanol–water partition coefficient (Wildman–Crippen LogP) is 1.81. The second-order valence-corrected chi connectivity index (χ2v) is 6.64. The minimum atomic E-state index is -0.714. The van der Waals surface area contributed by atoms with Gasteiger partial charge in [-0.2, -0.15) is 4.68 Å². The van der Waals surface area contributed by atoms with Crippen molar-refractivity contribution in [2.75, 3.05) is 13.2 Å². The van der Waals surface area contributed by atoms with Crippen molar-refractivity contribution in [1.82, 2.24) is 29.8 Å². The number of hydrogen-bond donors (Lipinski definition) is 0. The molecule has 0 fully saturated rings. The molecule has 0 radical (unpaired) electrons. The van der Waals surface area contributed by atoms with E-state index in [9.17, 15) is 9.59 Å². The highest BCUT2D eigenvalue weighted by Crippen LogP contribution is 2.25. The SMILES string of the molecule is CCOC(=O)c1cncn(-c2ccc(OCCC(C)C)c(-n3cnnn3)c2)c1=O. The van der Waals surface area contributed by atoms with E-state index in [4.69, 9.17) is 9.47 Å². The molecule has 0 amide bonds. The molecule has 0 aliphatic rings. The number of ether oxygens (including phenoxy) is 2. The van der Waals surface area contributed by atoms with Crippen molar-refractivity contribution >= 4 is 5.97 Å². The molecular formula is C19H22N6O4. The summed E-state index contributed by atoms with van der Waals surface area (Å²) in [5.74, 6) is 0.360. The molecule has 0 saturated carbocycles. The van der Waals surface area contributed by atoms with Gasteiger partial charge in [-0.15, -0.1) is 5.10 Å². The van der Waals surface area contributed by atoms with Gasteiger partial charge >= 0.3 is 5.97 Å². The van der Waals surface area contributed by atoms with E-state index in [1.807, 2.05) is 0 Å². The number of carbonyl (C=O) groups is 1. The molecule has 2 heterocycles. The second-order valence-electron chi connectivity index (χ2n) is 6.64. The van der Waals surface area contributed by atoms with Gasteiger partial charge in [0.2, 0.25) is 0 Å². The molecule has 3 aromatic rings. The molecule has 10 nitrogen and oxygen atoms in total. The minimum Gasteiger partial charge on any atom is -0.491 e. The normalized spacial score (nSPS) is 10.9. The van der Waals surface area contributed by atoms with Gasteiger partial charge in [-0.3, -0.25) is 9.36 Å². The topological polar surface area (TPSA) is 114 Å². The first-order valence-corrected chi connectivity index (χ1v) is 9.25. The van der Waals surface area contributed by atoms with E-state index < -0.39 is 11.5 Å². The van der Waals surface area contributed by atoms with Crippen molar-refractivity contribution in [3.63, 3.8) is 0 Å².